The summed E-state index contributed by atoms with van der Waals surface area (Å²) >= 11 is 0. The van der Waals surface area contributed by atoms with Crippen LogP contribution in [-0.4, -0.2) is 18.4 Å². The maximum absolute atomic E-state index is 13.2. The van der Waals surface area contributed by atoms with Crippen molar-refractivity contribution in [2.75, 3.05) is 16.8 Å². The van der Waals surface area contributed by atoms with Gasteiger partial charge in [-0.15, -0.1) is 0 Å². The van der Waals surface area contributed by atoms with Crippen molar-refractivity contribution in [2.24, 2.45) is 5.92 Å². The summed E-state index contributed by atoms with van der Waals surface area (Å²) in [7, 11) is 0. The average Bonchev–Trinajstić information content (AvgIpc) is 3.03. The molecule has 0 aromatic heterocycles. The highest BCUT2D eigenvalue weighted by atomic mass is 19.4. The van der Waals surface area contributed by atoms with E-state index in [0.717, 1.165) is 23.0 Å². The van der Waals surface area contributed by atoms with E-state index in [1.165, 1.54) is 18.2 Å². The van der Waals surface area contributed by atoms with Gasteiger partial charge in [0.25, 0.3) is 0 Å². The first kappa shape index (κ1) is 18.9. The van der Waals surface area contributed by atoms with Gasteiger partial charge >= 0.3 is 6.18 Å². The van der Waals surface area contributed by atoms with Gasteiger partial charge in [0.1, 0.15) is 0 Å². The highest BCUT2D eigenvalue weighted by molar-refractivity contribution is 6.03. The molecule has 0 saturated carbocycles. The Morgan fingerprint density at radius 1 is 1.15 bits per heavy atom. The number of halogens is 3. The van der Waals surface area contributed by atoms with E-state index < -0.39 is 23.6 Å². The van der Waals surface area contributed by atoms with E-state index in [0.29, 0.717) is 5.69 Å². The molecule has 2 aromatic rings. The molecular weight excluding hydrogens is 357 g/mol. The molecule has 1 heterocycles. The molecule has 7 heteroatoms. The van der Waals surface area contributed by atoms with Gasteiger partial charge in [0.05, 0.1) is 17.2 Å². The summed E-state index contributed by atoms with van der Waals surface area (Å²) in [5.74, 6) is -1.57. The topological polar surface area (TPSA) is 49.4 Å². The van der Waals surface area contributed by atoms with Crippen LogP contribution in [0.25, 0.3) is 0 Å². The highest BCUT2D eigenvalue weighted by Crippen LogP contribution is 2.38. The Hall–Kier alpha value is -2.83. The van der Waals surface area contributed by atoms with Gasteiger partial charge < -0.3 is 10.2 Å². The SMILES string of the molecule is CCc1ccc(NC(=O)C2CC(=O)N(c3ccccc3C(F)(F)F)C2)cc1. The van der Waals surface area contributed by atoms with E-state index in [-0.39, 0.29) is 24.6 Å². The average molecular weight is 376 g/mol. The van der Waals surface area contributed by atoms with Crippen molar-refractivity contribution in [3.05, 3.63) is 59.7 Å². The molecule has 142 valence electrons. The van der Waals surface area contributed by atoms with Crippen molar-refractivity contribution in [3.8, 4) is 0 Å². The number of hydrogen-bond donors (Lipinski definition) is 1. The summed E-state index contributed by atoms with van der Waals surface area (Å²) in [5.41, 5.74) is 0.630. The summed E-state index contributed by atoms with van der Waals surface area (Å²) in [5, 5.41) is 2.73. The van der Waals surface area contributed by atoms with E-state index in [1.54, 1.807) is 12.1 Å². The molecule has 4 nitrogen and oxygen atoms in total. The number of carbonyl (C=O) groups is 2. The number of benzene rings is 2. The quantitative estimate of drug-likeness (QED) is 0.867. The minimum atomic E-state index is -4.57. The fraction of sp³-hybridized carbons (Fsp3) is 0.300. The molecule has 0 radical (unpaired) electrons. The van der Waals surface area contributed by atoms with Crippen LogP contribution in [0.4, 0.5) is 24.5 Å². The van der Waals surface area contributed by atoms with Gasteiger partial charge in [-0.1, -0.05) is 31.2 Å². The molecule has 1 unspecified atom stereocenters. The van der Waals surface area contributed by atoms with E-state index in [1.807, 2.05) is 19.1 Å². The van der Waals surface area contributed by atoms with Gasteiger partial charge in [0.2, 0.25) is 11.8 Å². The first-order chi connectivity index (χ1) is 12.8. The monoisotopic (exact) mass is 376 g/mol. The molecule has 1 atom stereocenters. The van der Waals surface area contributed by atoms with E-state index in [4.69, 9.17) is 0 Å². The maximum atomic E-state index is 13.2. The van der Waals surface area contributed by atoms with Crippen molar-refractivity contribution in [1.82, 2.24) is 0 Å². The lowest BCUT2D eigenvalue weighted by Gasteiger charge is -2.21. The van der Waals surface area contributed by atoms with Crippen molar-refractivity contribution >= 4 is 23.2 Å². The standard InChI is InChI=1S/C20H19F3N2O2/c1-2-13-7-9-15(10-8-13)24-19(27)14-11-18(26)25(12-14)17-6-4-3-5-16(17)20(21,22)23/h3-10,14H,2,11-12H2,1H3,(H,24,27). The van der Waals surface area contributed by atoms with Crippen LogP contribution in [0.2, 0.25) is 0 Å². The lowest BCUT2D eigenvalue weighted by Crippen LogP contribution is -2.29. The summed E-state index contributed by atoms with van der Waals surface area (Å²) in [6.45, 7) is 1.94. The number of anilines is 2. The van der Waals surface area contributed by atoms with Crippen molar-refractivity contribution < 1.29 is 22.8 Å². The number of rotatable bonds is 4. The third kappa shape index (κ3) is 4.13. The predicted molar refractivity (Wildman–Crippen MR) is 96.4 cm³/mol. The number of nitrogens with one attached hydrogen (secondary N) is 1. The Morgan fingerprint density at radius 3 is 2.44 bits per heavy atom. The number of carbonyl (C=O) groups excluding carboxylic acids is 2. The van der Waals surface area contributed by atoms with Crippen LogP contribution in [0.1, 0.15) is 24.5 Å². The van der Waals surface area contributed by atoms with Crippen molar-refractivity contribution in [3.63, 3.8) is 0 Å². The van der Waals surface area contributed by atoms with Crippen molar-refractivity contribution in [1.29, 1.82) is 0 Å². The summed E-state index contributed by atoms with van der Waals surface area (Å²) in [4.78, 5) is 25.8. The molecule has 0 aliphatic carbocycles. The van der Waals surface area contributed by atoms with E-state index >= 15 is 0 Å². The first-order valence-corrected chi connectivity index (χ1v) is 8.66. The lowest BCUT2D eigenvalue weighted by molar-refractivity contribution is -0.137. The molecule has 1 fully saturated rings. The van der Waals surface area contributed by atoms with Gasteiger partial charge in [-0.05, 0) is 36.2 Å². The molecule has 1 aliphatic heterocycles. The van der Waals surface area contributed by atoms with Crippen LogP contribution >= 0.6 is 0 Å². The summed E-state index contributed by atoms with van der Waals surface area (Å²) in [6.07, 6.45) is -3.82. The zero-order valence-corrected chi connectivity index (χ0v) is 14.7. The first-order valence-electron chi connectivity index (χ1n) is 8.66. The van der Waals surface area contributed by atoms with Gasteiger partial charge in [-0.25, -0.2) is 0 Å². The van der Waals surface area contributed by atoms with Gasteiger partial charge in [0, 0.05) is 18.7 Å². The minimum absolute atomic E-state index is 0.0786. The third-order valence-corrected chi connectivity index (χ3v) is 4.63. The zero-order chi connectivity index (χ0) is 19.6. The van der Waals surface area contributed by atoms with E-state index in [9.17, 15) is 22.8 Å². The van der Waals surface area contributed by atoms with Crippen molar-refractivity contribution in [2.45, 2.75) is 25.9 Å². The largest absolute Gasteiger partial charge is 0.418 e. The number of amides is 2. The summed E-state index contributed by atoms with van der Waals surface area (Å²) in [6, 6.07) is 12.2. The van der Waals surface area contributed by atoms with E-state index in [2.05, 4.69) is 5.32 Å². The molecule has 0 spiro atoms. The van der Waals surface area contributed by atoms with Crippen LogP contribution in [0.15, 0.2) is 48.5 Å². The Bertz CT molecular complexity index is 847. The Balaban J connectivity index is 1.74. The zero-order valence-electron chi connectivity index (χ0n) is 14.7. The minimum Gasteiger partial charge on any atom is -0.326 e. The van der Waals surface area contributed by atoms with Crippen LogP contribution in [0.5, 0.6) is 0 Å². The third-order valence-electron chi connectivity index (χ3n) is 4.63. The van der Waals surface area contributed by atoms with Crippen LogP contribution < -0.4 is 10.2 Å². The molecule has 1 N–H and O–H groups in total. The van der Waals surface area contributed by atoms with Crippen LogP contribution in [0, 0.1) is 5.92 Å². The fourth-order valence-corrected chi connectivity index (χ4v) is 3.13. The second-order valence-electron chi connectivity index (χ2n) is 6.46. The number of para-hydroxylation sites is 1. The van der Waals surface area contributed by atoms with Gasteiger partial charge in [0.15, 0.2) is 0 Å². The molecule has 2 amide bonds. The molecular formula is C20H19F3N2O2. The molecule has 1 saturated heterocycles. The van der Waals surface area contributed by atoms with Crippen LogP contribution in [-0.2, 0) is 22.2 Å². The maximum Gasteiger partial charge on any atom is 0.418 e. The lowest BCUT2D eigenvalue weighted by atomic mass is 10.1. The highest BCUT2D eigenvalue weighted by Gasteiger charge is 2.40. The predicted octanol–water partition coefficient (Wildman–Crippen LogP) is 4.26. The normalized spacial score (nSPS) is 17.3. The Morgan fingerprint density at radius 2 is 1.81 bits per heavy atom. The smallest absolute Gasteiger partial charge is 0.326 e. The van der Waals surface area contributed by atoms with Gasteiger partial charge in [-0.2, -0.15) is 13.2 Å². The molecule has 0 bridgehead atoms. The second-order valence-corrected chi connectivity index (χ2v) is 6.46. The number of alkyl halides is 3. The second kappa shape index (κ2) is 7.42. The fourth-order valence-electron chi connectivity index (χ4n) is 3.13. The Kier molecular flexibility index (Phi) is 5.21. The number of hydrogen-bond acceptors (Lipinski definition) is 2. The molecule has 3 rings (SSSR count). The Labute approximate surface area is 155 Å². The number of nitrogens with zero attached hydrogens (tertiary/aromatic N) is 1. The molecule has 2 aromatic carbocycles. The number of aryl methyl sites for hydroxylation is 1. The van der Waals surface area contributed by atoms with Gasteiger partial charge in [-0.3, -0.25) is 9.59 Å². The molecule has 1 aliphatic rings. The molecule has 27 heavy (non-hydrogen) atoms. The summed E-state index contributed by atoms with van der Waals surface area (Å²) < 4.78 is 39.6. The van der Waals surface area contributed by atoms with Crippen LogP contribution in [0.3, 0.4) is 0 Å².